The van der Waals surface area contributed by atoms with Crippen LogP contribution in [0.5, 0.6) is 5.75 Å². The summed E-state index contributed by atoms with van der Waals surface area (Å²) in [6.07, 6.45) is 0.269. The minimum atomic E-state index is 0.250. The molecule has 1 aliphatic rings. The van der Waals surface area contributed by atoms with Crippen LogP contribution < -0.4 is 4.74 Å². The van der Waals surface area contributed by atoms with E-state index in [9.17, 15) is 0 Å². The third-order valence-corrected chi connectivity index (χ3v) is 3.30. The summed E-state index contributed by atoms with van der Waals surface area (Å²) < 4.78 is 15.9. The molecular weight excluding hydrogens is 276 g/mol. The van der Waals surface area contributed by atoms with E-state index < -0.39 is 0 Å². The molecule has 1 unspecified atom stereocenters. The van der Waals surface area contributed by atoms with Crippen LogP contribution in [0.4, 0.5) is 0 Å². The number of halogens is 1. The summed E-state index contributed by atoms with van der Waals surface area (Å²) in [5.41, 5.74) is 2.25. The van der Waals surface area contributed by atoms with Crippen LogP contribution in [0.25, 0.3) is 11.1 Å². The van der Waals surface area contributed by atoms with Gasteiger partial charge in [-0.2, -0.15) is 0 Å². The lowest BCUT2D eigenvalue weighted by atomic mass is 10.1. The Bertz CT molecular complexity index is 547. The van der Waals surface area contributed by atoms with Gasteiger partial charge in [0.25, 0.3) is 0 Å². The fraction of sp³-hybridized carbons (Fsp3) is 0.250. The fourth-order valence-corrected chi connectivity index (χ4v) is 1.97. The Morgan fingerprint density at radius 2 is 1.60 bits per heavy atom. The van der Waals surface area contributed by atoms with E-state index in [2.05, 4.69) is 0 Å². The normalized spacial score (nSPS) is 16.9. The first kappa shape index (κ1) is 13.4. The van der Waals surface area contributed by atoms with Gasteiger partial charge >= 0.3 is 0 Å². The molecule has 0 spiro atoms. The summed E-state index contributed by atoms with van der Waals surface area (Å²) in [6.45, 7) is 1.65. The number of hydrogen-bond acceptors (Lipinski definition) is 3. The quantitative estimate of drug-likeness (QED) is 0.461. The van der Waals surface area contributed by atoms with Crippen LogP contribution in [0.1, 0.15) is 0 Å². The van der Waals surface area contributed by atoms with Gasteiger partial charge in [0.1, 0.15) is 11.9 Å². The zero-order chi connectivity index (χ0) is 13.8. The topological polar surface area (TPSA) is 31.0 Å². The van der Waals surface area contributed by atoms with Crippen LogP contribution in [-0.2, 0) is 9.47 Å². The molecule has 2 aromatic rings. The summed E-state index contributed by atoms with van der Waals surface area (Å²) in [4.78, 5) is 0. The van der Waals surface area contributed by atoms with Gasteiger partial charge < -0.3 is 14.2 Å². The first-order valence-electron chi connectivity index (χ1n) is 6.49. The van der Waals surface area contributed by atoms with E-state index in [1.807, 2.05) is 48.5 Å². The van der Waals surface area contributed by atoms with E-state index in [0.717, 1.165) is 28.5 Å². The molecule has 0 N–H and O–H groups in total. The molecule has 3 rings (SSSR count). The maximum atomic E-state index is 5.88. The third-order valence-electron chi connectivity index (χ3n) is 3.05. The van der Waals surface area contributed by atoms with Crippen molar-refractivity contribution in [3.8, 4) is 16.9 Å². The first-order valence-corrected chi connectivity index (χ1v) is 6.87. The van der Waals surface area contributed by atoms with E-state index >= 15 is 0 Å². The molecule has 0 aromatic heterocycles. The van der Waals surface area contributed by atoms with Crippen LogP contribution >= 0.6 is 11.6 Å². The summed E-state index contributed by atoms with van der Waals surface area (Å²) >= 11 is 5.88. The minimum Gasteiger partial charge on any atom is -0.468 e. The molecule has 104 valence electrons. The van der Waals surface area contributed by atoms with Crippen molar-refractivity contribution in [2.24, 2.45) is 0 Å². The highest BCUT2D eigenvalue weighted by molar-refractivity contribution is 6.30. The van der Waals surface area contributed by atoms with Crippen LogP contribution in [0, 0.1) is 0 Å². The highest BCUT2D eigenvalue weighted by Gasteiger charge is 2.22. The van der Waals surface area contributed by atoms with Crippen molar-refractivity contribution >= 4 is 11.6 Å². The smallest absolute Gasteiger partial charge is 0.189 e. The van der Waals surface area contributed by atoms with Gasteiger partial charge in [-0.3, -0.25) is 0 Å². The summed E-state index contributed by atoms with van der Waals surface area (Å²) in [6, 6.07) is 15.7. The molecule has 1 fully saturated rings. The molecule has 0 aliphatic carbocycles. The molecule has 1 atom stereocenters. The summed E-state index contributed by atoms with van der Waals surface area (Å²) in [7, 11) is 0. The van der Waals surface area contributed by atoms with Gasteiger partial charge in [0.15, 0.2) is 6.79 Å². The van der Waals surface area contributed by atoms with Crippen LogP contribution in [-0.4, -0.2) is 26.1 Å². The second-order valence-electron chi connectivity index (χ2n) is 4.62. The summed E-state index contributed by atoms with van der Waals surface area (Å²) in [5, 5.41) is 0.741. The van der Waals surface area contributed by atoms with Crippen molar-refractivity contribution < 1.29 is 14.2 Å². The fourth-order valence-electron chi connectivity index (χ4n) is 1.84. The van der Waals surface area contributed by atoms with Crippen molar-refractivity contribution in [2.75, 3.05) is 20.0 Å². The Balaban J connectivity index is 1.54. The van der Waals surface area contributed by atoms with Crippen LogP contribution in [0.2, 0.25) is 5.02 Å². The molecule has 1 aliphatic heterocycles. The standard InChI is InChI=1S/C16H15ClO3/c17-14-5-1-12(2-6-14)13-3-7-15(8-4-13)20-11-18-9-16-10-19-16/h1-8,16H,9-11H2. The molecule has 1 saturated heterocycles. The maximum Gasteiger partial charge on any atom is 0.189 e. The largest absolute Gasteiger partial charge is 0.468 e. The van der Waals surface area contributed by atoms with Crippen LogP contribution in [0.3, 0.4) is 0 Å². The second kappa shape index (κ2) is 6.27. The Kier molecular flexibility index (Phi) is 4.21. The monoisotopic (exact) mass is 290 g/mol. The Hall–Kier alpha value is -1.55. The minimum absolute atomic E-state index is 0.250. The summed E-state index contributed by atoms with van der Waals surface area (Å²) in [5.74, 6) is 0.791. The second-order valence-corrected chi connectivity index (χ2v) is 5.06. The zero-order valence-corrected chi connectivity index (χ0v) is 11.7. The number of ether oxygens (including phenoxy) is 3. The van der Waals surface area contributed by atoms with Gasteiger partial charge in [0.05, 0.1) is 13.2 Å². The molecule has 1 heterocycles. The van der Waals surface area contributed by atoms with Gasteiger partial charge in [-0.15, -0.1) is 0 Å². The average Bonchev–Trinajstić information content (AvgIpc) is 3.29. The molecule has 20 heavy (non-hydrogen) atoms. The Morgan fingerprint density at radius 1 is 1.00 bits per heavy atom. The average molecular weight is 291 g/mol. The molecular formula is C16H15ClO3. The molecule has 0 bridgehead atoms. The molecule has 3 nitrogen and oxygen atoms in total. The van der Waals surface area contributed by atoms with Gasteiger partial charge in [-0.25, -0.2) is 0 Å². The van der Waals surface area contributed by atoms with Crippen molar-refractivity contribution in [1.82, 2.24) is 0 Å². The van der Waals surface area contributed by atoms with E-state index in [1.54, 1.807) is 0 Å². The highest BCUT2D eigenvalue weighted by Crippen LogP contribution is 2.23. The van der Waals surface area contributed by atoms with Gasteiger partial charge in [0, 0.05) is 5.02 Å². The molecule has 0 radical (unpaired) electrons. The molecule has 0 saturated carbocycles. The van der Waals surface area contributed by atoms with Crippen LogP contribution in [0.15, 0.2) is 48.5 Å². The van der Waals surface area contributed by atoms with Crippen molar-refractivity contribution in [3.05, 3.63) is 53.6 Å². The van der Waals surface area contributed by atoms with Gasteiger partial charge in [-0.1, -0.05) is 35.9 Å². The van der Waals surface area contributed by atoms with Crippen molar-refractivity contribution in [1.29, 1.82) is 0 Å². The van der Waals surface area contributed by atoms with Gasteiger partial charge in [0.2, 0.25) is 0 Å². The van der Waals surface area contributed by atoms with E-state index in [0.29, 0.717) is 6.61 Å². The molecule has 4 heteroatoms. The first-order chi connectivity index (χ1) is 9.81. The SMILES string of the molecule is Clc1ccc(-c2ccc(OCOCC3CO3)cc2)cc1. The number of hydrogen-bond donors (Lipinski definition) is 0. The number of benzene rings is 2. The maximum absolute atomic E-state index is 5.88. The predicted octanol–water partition coefficient (Wildman–Crippen LogP) is 3.76. The van der Waals surface area contributed by atoms with Crippen molar-refractivity contribution in [3.63, 3.8) is 0 Å². The zero-order valence-electron chi connectivity index (χ0n) is 10.9. The highest BCUT2D eigenvalue weighted by atomic mass is 35.5. The van der Waals surface area contributed by atoms with Crippen molar-refractivity contribution in [2.45, 2.75) is 6.10 Å². The molecule has 2 aromatic carbocycles. The Morgan fingerprint density at radius 3 is 2.20 bits per heavy atom. The lowest BCUT2D eigenvalue weighted by Gasteiger charge is -2.07. The number of rotatable bonds is 6. The lowest BCUT2D eigenvalue weighted by molar-refractivity contribution is 0.00822. The van der Waals surface area contributed by atoms with E-state index in [1.165, 1.54) is 0 Å². The lowest BCUT2D eigenvalue weighted by Crippen LogP contribution is -2.07. The van der Waals surface area contributed by atoms with E-state index in [-0.39, 0.29) is 12.9 Å². The van der Waals surface area contributed by atoms with Gasteiger partial charge in [-0.05, 0) is 35.4 Å². The van der Waals surface area contributed by atoms with E-state index in [4.69, 9.17) is 25.8 Å². The number of epoxide rings is 1. The Labute approximate surface area is 123 Å². The molecule has 0 amide bonds. The predicted molar refractivity (Wildman–Crippen MR) is 78.1 cm³/mol. The third kappa shape index (κ3) is 3.73.